The van der Waals surface area contributed by atoms with Gasteiger partial charge in [-0.2, -0.15) is 0 Å². The van der Waals surface area contributed by atoms with E-state index in [0.29, 0.717) is 35.0 Å². The van der Waals surface area contributed by atoms with E-state index in [4.69, 9.17) is 16.3 Å². The lowest BCUT2D eigenvalue weighted by atomic mass is 9.64. The zero-order chi connectivity index (χ0) is 23.3. The summed E-state index contributed by atoms with van der Waals surface area (Å²) in [6.07, 6.45) is 11.1. The molecule has 0 spiro atoms. The van der Waals surface area contributed by atoms with E-state index in [9.17, 15) is 4.79 Å². The highest BCUT2D eigenvalue weighted by molar-refractivity contribution is 6.20. The number of likely N-dealkylation sites (tertiary alicyclic amines) is 1. The number of ether oxygens (including phenoxy) is 1. The van der Waals surface area contributed by atoms with Crippen molar-refractivity contribution in [2.45, 2.75) is 96.9 Å². The zero-order valence-corrected chi connectivity index (χ0v) is 23.6. The number of alkyl halides is 1. The Hall–Kier alpha value is -0.440. The Balaban J connectivity index is 0.00000385. The molecule has 0 radical (unpaired) electrons. The van der Waals surface area contributed by atoms with Gasteiger partial charge in [0, 0.05) is 32.2 Å². The number of methoxy groups -OCH3 is 1. The van der Waals surface area contributed by atoms with Crippen molar-refractivity contribution in [3.63, 3.8) is 0 Å². The lowest BCUT2D eigenvalue weighted by Crippen LogP contribution is -2.56. The molecule has 1 saturated heterocycles. The third-order valence-electron chi connectivity index (χ3n) is 8.75. The Morgan fingerprint density at radius 1 is 1.03 bits per heavy atom. The number of nitrogens with zero attached hydrogens (tertiary/aromatic N) is 1. The molecule has 210 valence electrons. The number of amides is 1. The number of carbonyl (C=O) groups excluding carboxylic acids is 1. The number of hydrogen-bond donors (Lipinski definition) is 1. The van der Waals surface area contributed by atoms with Crippen molar-refractivity contribution in [2.75, 3.05) is 33.4 Å². The van der Waals surface area contributed by atoms with Gasteiger partial charge in [0.15, 0.2) is 0 Å². The molecule has 1 unspecified atom stereocenters. The molecule has 3 rings (SSSR count). The number of piperidine rings is 1. The Bertz CT molecular complexity index is 596. The average molecular weight is 523 g/mol. The lowest BCUT2D eigenvalue weighted by Gasteiger charge is -2.49. The smallest absolute Gasteiger partial charge is 0.239 e. The third kappa shape index (κ3) is 9.42. The van der Waals surface area contributed by atoms with Crippen LogP contribution in [-0.2, 0) is 9.53 Å². The normalized spacial score (nSPS) is 31.5. The molecule has 0 bridgehead atoms. The van der Waals surface area contributed by atoms with E-state index in [1.165, 1.54) is 38.5 Å². The molecule has 2 aliphatic carbocycles. The van der Waals surface area contributed by atoms with Crippen LogP contribution in [0.4, 0.5) is 0 Å². The van der Waals surface area contributed by atoms with Gasteiger partial charge in [0.2, 0.25) is 5.91 Å². The fraction of sp³-hybridized carbons (Fsp3) is 0.963. The second-order valence-electron chi connectivity index (χ2n) is 12.1. The number of carbonyl (C=O) groups is 1. The van der Waals surface area contributed by atoms with Gasteiger partial charge in [-0.25, -0.2) is 0 Å². The summed E-state index contributed by atoms with van der Waals surface area (Å²) in [7, 11) is 1.81. The van der Waals surface area contributed by atoms with Gasteiger partial charge in [-0.15, -0.1) is 11.6 Å². The number of halogens is 1. The molecule has 7 N–H and O–H groups in total. The van der Waals surface area contributed by atoms with Crippen LogP contribution in [0.2, 0.25) is 0 Å². The predicted octanol–water partition coefficient (Wildman–Crippen LogP) is 3.25. The van der Waals surface area contributed by atoms with E-state index in [2.05, 4.69) is 37.9 Å². The highest BCUT2D eigenvalue weighted by atomic mass is 35.5. The maximum Gasteiger partial charge on any atom is 0.239 e. The Kier molecular flexibility index (Phi) is 15.5. The van der Waals surface area contributed by atoms with Crippen LogP contribution < -0.4 is 5.32 Å². The minimum Gasteiger partial charge on any atom is -0.412 e. The molecule has 1 aliphatic heterocycles. The molecular weight excluding hydrogens is 468 g/mol. The van der Waals surface area contributed by atoms with E-state index in [1.54, 1.807) is 0 Å². The Labute approximate surface area is 219 Å². The largest absolute Gasteiger partial charge is 0.412 e. The van der Waals surface area contributed by atoms with Crippen LogP contribution >= 0.6 is 11.6 Å². The number of rotatable bonds is 8. The Morgan fingerprint density at radius 3 is 2.23 bits per heavy atom. The molecule has 1 amide bonds. The summed E-state index contributed by atoms with van der Waals surface area (Å²) in [5.41, 5.74) is 0.177. The summed E-state index contributed by atoms with van der Waals surface area (Å²) >= 11 is 6.36. The SMILES string of the molecule is COC[C@H]1CCC[C@@H](CN[C@@H](C(=O)N2CCC(C3CCC(Cl)CC3)C(C)(C)C2)C(C)C)C1.O.O.O. The van der Waals surface area contributed by atoms with Crippen molar-refractivity contribution in [2.24, 2.45) is 35.0 Å². The minimum absolute atomic E-state index is 0. The first kappa shape index (κ1) is 34.6. The number of hydrogen-bond acceptors (Lipinski definition) is 3. The van der Waals surface area contributed by atoms with E-state index >= 15 is 0 Å². The van der Waals surface area contributed by atoms with Crippen LogP contribution in [0.5, 0.6) is 0 Å². The molecule has 2 saturated carbocycles. The molecule has 0 aromatic carbocycles. The second-order valence-corrected chi connectivity index (χ2v) is 12.8. The van der Waals surface area contributed by atoms with E-state index in [0.717, 1.165) is 51.4 Å². The van der Waals surface area contributed by atoms with Gasteiger partial charge in [0.05, 0.1) is 6.04 Å². The van der Waals surface area contributed by atoms with Crippen molar-refractivity contribution in [1.29, 1.82) is 0 Å². The molecule has 7 nitrogen and oxygen atoms in total. The van der Waals surface area contributed by atoms with Crippen LogP contribution in [0.15, 0.2) is 0 Å². The molecule has 4 atom stereocenters. The molecule has 1 heterocycles. The maximum atomic E-state index is 13.6. The minimum atomic E-state index is -0.0724. The standard InChI is InChI=1S/C27H49ClN2O2.3H2O/c1-19(2)25(29-16-20-7-6-8-21(15-20)17-32-5)26(31)30-14-13-24(27(3,4)18-30)22-9-11-23(28)12-10-22;;;/h19-25,29H,6-18H2,1-5H3;3*1H2/t20-,21+,22?,23?,24?,25-;;;/m1.../s1. The van der Waals surface area contributed by atoms with E-state index in [-0.39, 0.29) is 27.9 Å². The van der Waals surface area contributed by atoms with Gasteiger partial charge in [-0.1, -0.05) is 34.1 Å². The van der Waals surface area contributed by atoms with Crippen LogP contribution in [0, 0.1) is 35.0 Å². The maximum absolute atomic E-state index is 13.6. The molecule has 3 aliphatic rings. The van der Waals surface area contributed by atoms with Crippen molar-refractivity contribution >= 4 is 17.5 Å². The van der Waals surface area contributed by atoms with Crippen molar-refractivity contribution in [3.05, 3.63) is 0 Å². The zero-order valence-electron chi connectivity index (χ0n) is 22.9. The van der Waals surface area contributed by atoms with Gasteiger partial charge >= 0.3 is 0 Å². The predicted molar refractivity (Wildman–Crippen MR) is 145 cm³/mol. The second kappa shape index (κ2) is 15.7. The molecule has 3 fully saturated rings. The van der Waals surface area contributed by atoms with Gasteiger partial charge in [0.25, 0.3) is 0 Å². The summed E-state index contributed by atoms with van der Waals surface area (Å²) in [4.78, 5) is 15.8. The quantitative estimate of drug-likeness (QED) is 0.490. The summed E-state index contributed by atoms with van der Waals surface area (Å²) in [5.74, 6) is 3.46. The fourth-order valence-electron chi connectivity index (χ4n) is 6.99. The molecule has 0 aromatic heterocycles. The molecule has 0 aromatic rings. The highest BCUT2D eigenvalue weighted by Crippen LogP contribution is 2.45. The highest BCUT2D eigenvalue weighted by Gasteiger charge is 2.43. The van der Waals surface area contributed by atoms with Crippen LogP contribution in [0.25, 0.3) is 0 Å². The van der Waals surface area contributed by atoms with Gasteiger partial charge in [-0.3, -0.25) is 4.79 Å². The van der Waals surface area contributed by atoms with Gasteiger partial charge in [0.1, 0.15) is 0 Å². The summed E-state index contributed by atoms with van der Waals surface area (Å²) < 4.78 is 5.40. The number of nitrogens with one attached hydrogen (secondary N) is 1. The van der Waals surface area contributed by atoms with Crippen LogP contribution in [-0.4, -0.2) is 72.0 Å². The molecular formula is C27H55ClN2O5. The molecule has 8 heteroatoms. The van der Waals surface area contributed by atoms with E-state index in [1.807, 2.05) is 7.11 Å². The average Bonchev–Trinajstić information content (AvgIpc) is 2.74. The van der Waals surface area contributed by atoms with Gasteiger partial charge < -0.3 is 31.4 Å². The summed E-state index contributed by atoms with van der Waals surface area (Å²) in [6, 6.07) is -0.0724. The van der Waals surface area contributed by atoms with Crippen LogP contribution in [0.1, 0.15) is 85.5 Å². The van der Waals surface area contributed by atoms with Crippen molar-refractivity contribution < 1.29 is 26.0 Å². The topological polar surface area (TPSA) is 136 Å². The third-order valence-corrected chi connectivity index (χ3v) is 9.18. The fourth-order valence-corrected chi connectivity index (χ4v) is 7.24. The van der Waals surface area contributed by atoms with Crippen LogP contribution in [0.3, 0.4) is 0 Å². The van der Waals surface area contributed by atoms with E-state index < -0.39 is 0 Å². The van der Waals surface area contributed by atoms with Crippen molar-refractivity contribution in [1.82, 2.24) is 10.2 Å². The first-order valence-electron chi connectivity index (χ1n) is 13.4. The first-order valence-corrected chi connectivity index (χ1v) is 13.8. The van der Waals surface area contributed by atoms with Crippen molar-refractivity contribution in [3.8, 4) is 0 Å². The molecule has 35 heavy (non-hydrogen) atoms. The Morgan fingerprint density at radius 2 is 1.66 bits per heavy atom. The summed E-state index contributed by atoms with van der Waals surface area (Å²) in [5, 5.41) is 4.09. The van der Waals surface area contributed by atoms with Gasteiger partial charge in [-0.05, 0) is 92.9 Å². The summed E-state index contributed by atoms with van der Waals surface area (Å²) in [6.45, 7) is 12.8. The first-order chi connectivity index (χ1) is 15.2. The monoisotopic (exact) mass is 522 g/mol. The lowest BCUT2D eigenvalue weighted by molar-refractivity contribution is -0.140.